The molecule has 0 saturated heterocycles. The molecule has 1 aromatic heterocycles. The van der Waals surface area contributed by atoms with Gasteiger partial charge in [-0.3, -0.25) is 0 Å². The zero-order valence-electron chi connectivity index (χ0n) is 18.7. The number of rotatable bonds is 6. The number of carboxylic acid groups (broad SMARTS) is 1. The quantitative estimate of drug-likeness (QED) is 0.334. The molecular weight excluding hydrogens is 483 g/mol. The third-order valence-electron chi connectivity index (χ3n) is 5.68. The van der Waals surface area contributed by atoms with E-state index in [1.54, 1.807) is 43.3 Å². The predicted octanol–water partition coefficient (Wildman–Crippen LogP) is 6.19. The summed E-state index contributed by atoms with van der Waals surface area (Å²) in [6, 6.07) is 15.1. The molecule has 0 saturated carbocycles. The van der Waals surface area contributed by atoms with Crippen LogP contribution in [0.15, 0.2) is 65.2 Å². The van der Waals surface area contributed by atoms with Crippen LogP contribution in [0.3, 0.4) is 0 Å². The Kier molecular flexibility index (Phi) is 5.62. The van der Waals surface area contributed by atoms with E-state index in [2.05, 4.69) is 9.89 Å². The Hall–Kier alpha value is -4.41. The van der Waals surface area contributed by atoms with Crippen LogP contribution in [-0.4, -0.2) is 34.8 Å². The van der Waals surface area contributed by atoms with Crippen molar-refractivity contribution in [3.63, 3.8) is 0 Å². The fourth-order valence-electron chi connectivity index (χ4n) is 3.76. The second-order valence-electron chi connectivity index (χ2n) is 8.02. The summed E-state index contributed by atoms with van der Waals surface area (Å²) in [7, 11) is 0. The molecule has 11 heteroatoms. The molecule has 5 rings (SSSR count). The van der Waals surface area contributed by atoms with E-state index in [0.29, 0.717) is 39.5 Å². The minimum absolute atomic E-state index is 0.103. The first-order chi connectivity index (χ1) is 17.2. The van der Waals surface area contributed by atoms with Gasteiger partial charge in [-0.05, 0) is 55.0 Å². The minimum atomic E-state index is -4.77. The van der Waals surface area contributed by atoms with Crippen molar-refractivity contribution in [3.05, 3.63) is 60.7 Å². The molecule has 1 unspecified atom stereocenters. The number of benzene rings is 3. The highest BCUT2D eigenvalue weighted by molar-refractivity contribution is 5.92. The second kappa shape index (κ2) is 8.67. The molecule has 0 bridgehead atoms. The zero-order chi connectivity index (χ0) is 25.5. The first-order valence-electron chi connectivity index (χ1n) is 10.8. The maximum absolute atomic E-state index is 12.4. The fourth-order valence-corrected chi connectivity index (χ4v) is 3.76. The van der Waals surface area contributed by atoms with Crippen molar-refractivity contribution in [2.24, 2.45) is 0 Å². The molecule has 1 atom stereocenters. The first-order valence-corrected chi connectivity index (χ1v) is 10.8. The van der Waals surface area contributed by atoms with Crippen molar-refractivity contribution in [2.45, 2.75) is 25.3 Å². The lowest BCUT2D eigenvalue weighted by molar-refractivity contribution is -0.274. The summed E-state index contributed by atoms with van der Waals surface area (Å²) in [6.07, 6.45) is -4.56. The molecule has 0 spiro atoms. The highest BCUT2D eigenvalue weighted by Crippen LogP contribution is 2.41. The van der Waals surface area contributed by atoms with E-state index in [4.69, 9.17) is 18.7 Å². The van der Waals surface area contributed by atoms with Gasteiger partial charge in [-0.2, -0.15) is 0 Å². The topological polar surface area (TPSA) is 100 Å². The van der Waals surface area contributed by atoms with E-state index in [1.807, 2.05) is 0 Å². The number of alkyl halides is 3. The molecule has 0 fully saturated rings. The molecule has 0 amide bonds. The van der Waals surface area contributed by atoms with Crippen molar-refractivity contribution >= 4 is 16.9 Å². The van der Waals surface area contributed by atoms with Crippen LogP contribution >= 0.6 is 0 Å². The zero-order valence-corrected chi connectivity index (χ0v) is 18.7. The van der Waals surface area contributed by atoms with Gasteiger partial charge in [-0.1, -0.05) is 12.1 Å². The molecule has 4 aromatic rings. The van der Waals surface area contributed by atoms with Gasteiger partial charge < -0.3 is 28.6 Å². The summed E-state index contributed by atoms with van der Waals surface area (Å²) in [5.74, 6) is 0.00757. The monoisotopic (exact) mass is 501 g/mol. The van der Waals surface area contributed by atoms with Gasteiger partial charge >= 0.3 is 12.3 Å². The molecule has 1 N–H and O–H groups in total. The summed E-state index contributed by atoms with van der Waals surface area (Å²) in [5.41, 5.74) is -0.0927. The third kappa shape index (κ3) is 4.47. The first kappa shape index (κ1) is 23.3. The molecule has 0 aliphatic carbocycles. The number of nitrogens with zero attached hydrogens (tertiary/aromatic N) is 1. The Balaban J connectivity index is 1.36. The number of hydrogen-bond acceptors (Lipinski definition) is 7. The van der Waals surface area contributed by atoms with Crippen LogP contribution in [0.25, 0.3) is 22.2 Å². The van der Waals surface area contributed by atoms with Crippen molar-refractivity contribution < 1.29 is 46.5 Å². The number of halogens is 3. The predicted molar refractivity (Wildman–Crippen MR) is 119 cm³/mol. The van der Waals surface area contributed by atoms with Gasteiger partial charge in [0.1, 0.15) is 29.5 Å². The normalized spacial score (nSPS) is 17.1. The molecule has 36 heavy (non-hydrogen) atoms. The molecule has 1 aliphatic heterocycles. The minimum Gasteiger partial charge on any atom is -0.485 e. The highest BCUT2D eigenvalue weighted by atomic mass is 19.4. The summed E-state index contributed by atoms with van der Waals surface area (Å²) in [6.45, 7) is 1.60. The smallest absolute Gasteiger partial charge is 0.485 e. The van der Waals surface area contributed by atoms with Crippen LogP contribution < -0.4 is 18.9 Å². The van der Waals surface area contributed by atoms with E-state index >= 15 is 0 Å². The van der Waals surface area contributed by atoms with Crippen LogP contribution in [-0.2, 0) is 4.79 Å². The maximum atomic E-state index is 12.4. The highest BCUT2D eigenvalue weighted by Gasteiger charge is 2.44. The van der Waals surface area contributed by atoms with Crippen LogP contribution in [0.2, 0.25) is 0 Å². The summed E-state index contributed by atoms with van der Waals surface area (Å²) < 4.78 is 63.7. The van der Waals surface area contributed by atoms with Gasteiger partial charge in [0.05, 0.1) is 0 Å². The van der Waals surface area contributed by atoms with E-state index in [0.717, 1.165) is 0 Å². The Labute approximate surface area is 201 Å². The largest absolute Gasteiger partial charge is 0.573 e. The van der Waals surface area contributed by atoms with Gasteiger partial charge in [0, 0.05) is 23.1 Å². The SMILES string of the molecule is CCC1(C(=O)O)COc2ccc(Oc3ccc4c(-c5ccc(OC(F)(F)F)cc5)noc4c3)cc2O1. The number of hydrogen-bond donors (Lipinski definition) is 1. The van der Waals surface area contributed by atoms with E-state index in [9.17, 15) is 23.1 Å². The van der Waals surface area contributed by atoms with Crippen molar-refractivity contribution in [3.8, 4) is 40.0 Å². The molecule has 1 aliphatic rings. The van der Waals surface area contributed by atoms with Crippen molar-refractivity contribution in [1.82, 2.24) is 5.16 Å². The average Bonchev–Trinajstić information content (AvgIpc) is 3.26. The summed E-state index contributed by atoms with van der Waals surface area (Å²) in [4.78, 5) is 11.7. The summed E-state index contributed by atoms with van der Waals surface area (Å²) in [5, 5.41) is 14.2. The van der Waals surface area contributed by atoms with E-state index < -0.39 is 17.9 Å². The van der Waals surface area contributed by atoms with Gasteiger partial charge in [0.25, 0.3) is 0 Å². The maximum Gasteiger partial charge on any atom is 0.573 e. The third-order valence-corrected chi connectivity index (χ3v) is 5.68. The van der Waals surface area contributed by atoms with Crippen LogP contribution in [0.1, 0.15) is 13.3 Å². The molecule has 0 radical (unpaired) electrons. The van der Waals surface area contributed by atoms with E-state index in [-0.39, 0.29) is 24.5 Å². The standard InChI is InChI=1S/C25H18F3NO7/c1-2-24(23(30)31)13-32-19-10-8-17(12-21(19)35-24)33-16-7-9-18-20(11-16)36-29-22(18)14-3-5-15(6-4-14)34-25(26,27)28/h3-12H,2,13H2,1H3,(H,30,31). The number of carbonyl (C=O) groups is 1. The lowest BCUT2D eigenvalue weighted by atomic mass is 10.0. The Morgan fingerprint density at radius 1 is 1.03 bits per heavy atom. The fraction of sp³-hybridized carbons (Fsp3) is 0.200. The van der Waals surface area contributed by atoms with Crippen LogP contribution in [0.4, 0.5) is 13.2 Å². The van der Waals surface area contributed by atoms with E-state index in [1.165, 1.54) is 24.3 Å². The lowest BCUT2D eigenvalue weighted by Gasteiger charge is -2.34. The molecule has 2 heterocycles. The number of aromatic nitrogens is 1. The van der Waals surface area contributed by atoms with Gasteiger partial charge in [-0.15, -0.1) is 13.2 Å². The Morgan fingerprint density at radius 2 is 1.72 bits per heavy atom. The molecule has 186 valence electrons. The van der Waals surface area contributed by atoms with Gasteiger partial charge in [0.2, 0.25) is 5.60 Å². The molecule has 8 nitrogen and oxygen atoms in total. The van der Waals surface area contributed by atoms with Crippen molar-refractivity contribution in [2.75, 3.05) is 6.61 Å². The average molecular weight is 501 g/mol. The second-order valence-corrected chi connectivity index (χ2v) is 8.02. The van der Waals surface area contributed by atoms with Crippen LogP contribution in [0.5, 0.6) is 28.7 Å². The number of carboxylic acids is 1. The number of aliphatic carboxylic acids is 1. The van der Waals surface area contributed by atoms with Crippen LogP contribution in [0, 0.1) is 0 Å². The van der Waals surface area contributed by atoms with Gasteiger partial charge in [-0.25, -0.2) is 4.79 Å². The van der Waals surface area contributed by atoms with Gasteiger partial charge in [0.15, 0.2) is 17.1 Å². The Morgan fingerprint density at radius 3 is 2.42 bits per heavy atom. The molecule has 3 aromatic carbocycles. The number of fused-ring (bicyclic) bond motifs is 2. The lowest BCUT2D eigenvalue weighted by Crippen LogP contribution is -2.51. The summed E-state index contributed by atoms with van der Waals surface area (Å²) >= 11 is 0. The van der Waals surface area contributed by atoms with Crippen molar-refractivity contribution in [1.29, 1.82) is 0 Å². The number of ether oxygens (including phenoxy) is 4. The molecular formula is C25H18F3NO7. The Bertz CT molecular complexity index is 1430.